The van der Waals surface area contributed by atoms with E-state index in [9.17, 15) is 4.79 Å². The number of benzene rings is 1. The highest BCUT2D eigenvalue weighted by atomic mass is 16.4. The first kappa shape index (κ1) is 13.7. The molecule has 0 amide bonds. The van der Waals surface area contributed by atoms with Gasteiger partial charge < -0.3 is 10.8 Å². The fourth-order valence-electron chi connectivity index (χ4n) is 1.57. The summed E-state index contributed by atoms with van der Waals surface area (Å²) >= 11 is 0. The van der Waals surface area contributed by atoms with Crippen LogP contribution in [0.3, 0.4) is 0 Å². The fraction of sp³-hybridized carbons (Fsp3) is 0.250. The van der Waals surface area contributed by atoms with Crippen LogP contribution in [0.2, 0.25) is 0 Å². The van der Waals surface area contributed by atoms with Crippen molar-refractivity contribution in [3.05, 3.63) is 29.8 Å². The first-order valence-corrected chi connectivity index (χ1v) is 5.33. The number of quaternary nitrogens is 1. The van der Waals surface area contributed by atoms with Gasteiger partial charge in [-0.2, -0.15) is 5.26 Å². The molecule has 0 bridgehead atoms. The van der Waals surface area contributed by atoms with Crippen LogP contribution in [0.1, 0.15) is 12.0 Å². The summed E-state index contributed by atoms with van der Waals surface area (Å²) in [4.78, 5) is 10.6. The standard InChI is InChI=1S/C12H14N4O2/c1-16(12(14)15,7-6-11(17)18)10-4-2-9(8-13)3-5-10/h2-5H,6-7H2,1H3,(H3-,14,15,17,18)/p+1. The van der Waals surface area contributed by atoms with Gasteiger partial charge in [0.15, 0.2) is 0 Å². The number of hydrogen-bond donors (Lipinski definition) is 3. The van der Waals surface area contributed by atoms with Crippen molar-refractivity contribution in [2.45, 2.75) is 6.42 Å². The maximum absolute atomic E-state index is 10.6. The van der Waals surface area contributed by atoms with Crippen LogP contribution in [0, 0.1) is 16.7 Å². The minimum absolute atomic E-state index is 0.0853. The summed E-state index contributed by atoms with van der Waals surface area (Å²) in [7, 11) is 1.67. The first-order chi connectivity index (χ1) is 8.40. The van der Waals surface area contributed by atoms with Gasteiger partial charge in [0.05, 0.1) is 25.1 Å². The van der Waals surface area contributed by atoms with Crippen molar-refractivity contribution in [1.82, 2.24) is 4.48 Å². The number of carbonyl (C=O) groups is 1. The predicted molar refractivity (Wildman–Crippen MR) is 67.9 cm³/mol. The highest BCUT2D eigenvalue weighted by Crippen LogP contribution is 2.21. The molecular formula is C12H15N4O2+. The monoisotopic (exact) mass is 247 g/mol. The van der Waals surface area contributed by atoms with Gasteiger partial charge in [0.1, 0.15) is 12.2 Å². The third kappa shape index (κ3) is 2.84. The average Bonchev–Trinajstić information content (AvgIpc) is 2.35. The van der Waals surface area contributed by atoms with E-state index in [2.05, 4.69) is 0 Å². The Morgan fingerprint density at radius 3 is 2.44 bits per heavy atom. The molecule has 0 aliphatic heterocycles. The van der Waals surface area contributed by atoms with Crippen molar-refractivity contribution in [3.63, 3.8) is 0 Å². The Labute approximate surface area is 105 Å². The number of carboxylic acid groups (broad SMARTS) is 1. The highest BCUT2D eigenvalue weighted by molar-refractivity contribution is 5.87. The summed E-state index contributed by atoms with van der Waals surface area (Å²) in [6, 6.07) is 8.60. The Morgan fingerprint density at radius 2 is 2.06 bits per heavy atom. The number of guanidine groups is 1. The lowest BCUT2D eigenvalue weighted by atomic mass is 10.2. The van der Waals surface area contributed by atoms with Crippen molar-refractivity contribution >= 4 is 17.6 Å². The van der Waals surface area contributed by atoms with Crippen LogP contribution in [0.5, 0.6) is 0 Å². The molecule has 0 saturated heterocycles. The molecule has 1 aromatic rings. The Bertz CT molecular complexity index is 504. The zero-order chi connectivity index (χ0) is 13.8. The summed E-state index contributed by atoms with van der Waals surface area (Å²) in [6.07, 6.45) is -0.0872. The van der Waals surface area contributed by atoms with Crippen LogP contribution in [0.4, 0.5) is 5.69 Å². The van der Waals surface area contributed by atoms with Crippen LogP contribution in [0.25, 0.3) is 0 Å². The van der Waals surface area contributed by atoms with Crippen molar-refractivity contribution in [1.29, 1.82) is 10.7 Å². The smallest absolute Gasteiger partial charge is 0.309 e. The van der Waals surface area contributed by atoms with Crippen LogP contribution >= 0.6 is 0 Å². The maximum Gasteiger partial charge on any atom is 0.309 e. The first-order valence-electron chi connectivity index (χ1n) is 5.33. The third-order valence-corrected chi connectivity index (χ3v) is 2.87. The van der Waals surface area contributed by atoms with E-state index in [1.165, 1.54) is 0 Å². The molecule has 0 heterocycles. The normalized spacial score (nSPS) is 13.3. The lowest BCUT2D eigenvalue weighted by Gasteiger charge is -2.30. The van der Waals surface area contributed by atoms with E-state index < -0.39 is 5.97 Å². The number of nitrogens with two attached hydrogens (primary N) is 1. The zero-order valence-corrected chi connectivity index (χ0v) is 10.1. The molecule has 1 atom stereocenters. The zero-order valence-electron chi connectivity index (χ0n) is 10.1. The number of rotatable bonds is 4. The summed E-state index contributed by atoms with van der Waals surface area (Å²) in [6.45, 7) is 0.191. The summed E-state index contributed by atoms with van der Waals surface area (Å²) in [5.74, 6) is -1.07. The SMILES string of the molecule is C[N+](CCC(=O)O)(C(=N)N)c1ccc(C#N)cc1. The molecule has 0 aliphatic rings. The number of aliphatic carboxylic acids is 1. The number of nitrogens with one attached hydrogen (secondary N) is 1. The van der Waals surface area contributed by atoms with Crippen molar-refractivity contribution < 1.29 is 9.90 Å². The fourth-order valence-corrected chi connectivity index (χ4v) is 1.57. The number of hydrogen-bond acceptors (Lipinski definition) is 3. The van der Waals surface area contributed by atoms with Gasteiger partial charge in [0, 0.05) is 12.1 Å². The molecule has 0 fully saturated rings. The van der Waals surface area contributed by atoms with Gasteiger partial charge in [-0.1, -0.05) is 0 Å². The van der Waals surface area contributed by atoms with Gasteiger partial charge in [0.25, 0.3) is 5.96 Å². The summed E-state index contributed by atoms with van der Waals surface area (Å²) < 4.78 is -0.0853. The number of nitriles is 1. The summed E-state index contributed by atoms with van der Waals surface area (Å²) in [5, 5.41) is 25.1. The molecule has 0 radical (unpaired) electrons. The molecule has 6 nitrogen and oxygen atoms in total. The van der Waals surface area contributed by atoms with E-state index in [1.54, 1.807) is 31.3 Å². The lowest BCUT2D eigenvalue weighted by molar-refractivity contribution is -0.137. The quantitative estimate of drug-likeness (QED) is 0.416. The second-order valence-electron chi connectivity index (χ2n) is 4.10. The van der Waals surface area contributed by atoms with E-state index >= 15 is 0 Å². The Morgan fingerprint density at radius 1 is 1.50 bits per heavy atom. The molecule has 1 rings (SSSR count). The Kier molecular flexibility index (Phi) is 4.02. The number of carboxylic acids is 1. The lowest BCUT2D eigenvalue weighted by Crippen LogP contribution is -2.55. The van der Waals surface area contributed by atoms with E-state index in [-0.39, 0.29) is 23.4 Å². The van der Waals surface area contributed by atoms with E-state index in [1.807, 2.05) is 6.07 Å². The molecule has 0 spiro atoms. The van der Waals surface area contributed by atoms with E-state index in [0.29, 0.717) is 11.3 Å². The second-order valence-corrected chi connectivity index (χ2v) is 4.10. The van der Waals surface area contributed by atoms with Crippen LogP contribution < -0.4 is 10.2 Å². The predicted octanol–water partition coefficient (Wildman–Crippen LogP) is 0.864. The van der Waals surface area contributed by atoms with Crippen molar-refractivity contribution in [2.75, 3.05) is 13.6 Å². The van der Waals surface area contributed by atoms with Crippen molar-refractivity contribution in [2.24, 2.45) is 5.73 Å². The van der Waals surface area contributed by atoms with Gasteiger partial charge in [0.2, 0.25) is 0 Å². The van der Waals surface area contributed by atoms with Gasteiger partial charge in [-0.3, -0.25) is 4.79 Å². The Balaban J connectivity index is 3.06. The third-order valence-electron chi connectivity index (χ3n) is 2.87. The molecule has 94 valence electrons. The van der Waals surface area contributed by atoms with E-state index in [0.717, 1.165) is 0 Å². The summed E-state index contributed by atoms with van der Waals surface area (Å²) in [5.41, 5.74) is 6.75. The highest BCUT2D eigenvalue weighted by Gasteiger charge is 2.30. The van der Waals surface area contributed by atoms with Crippen LogP contribution in [-0.2, 0) is 4.79 Å². The topological polar surface area (TPSA) is 111 Å². The second kappa shape index (κ2) is 5.29. The van der Waals surface area contributed by atoms with Crippen molar-refractivity contribution in [3.8, 4) is 6.07 Å². The van der Waals surface area contributed by atoms with Gasteiger partial charge >= 0.3 is 5.97 Å². The van der Waals surface area contributed by atoms with Gasteiger partial charge in [-0.25, -0.2) is 9.89 Å². The van der Waals surface area contributed by atoms with E-state index in [4.69, 9.17) is 21.5 Å². The minimum Gasteiger partial charge on any atom is -0.481 e. The molecule has 0 aromatic heterocycles. The molecule has 1 unspecified atom stereocenters. The largest absolute Gasteiger partial charge is 0.481 e. The minimum atomic E-state index is -0.936. The molecule has 0 aliphatic carbocycles. The Hall–Kier alpha value is -2.39. The molecule has 1 aromatic carbocycles. The van der Waals surface area contributed by atoms with Crippen LogP contribution in [-0.4, -0.2) is 30.6 Å². The molecule has 6 heteroatoms. The van der Waals surface area contributed by atoms with Gasteiger partial charge in [-0.15, -0.1) is 0 Å². The number of nitrogens with zero attached hydrogens (tertiary/aromatic N) is 2. The van der Waals surface area contributed by atoms with Crippen LogP contribution in [0.15, 0.2) is 24.3 Å². The molecule has 4 N–H and O–H groups in total. The molecule has 0 saturated carbocycles. The molecular weight excluding hydrogens is 232 g/mol. The van der Waals surface area contributed by atoms with Gasteiger partial charge in [-0.05, 0) is 12.1 Å². The maximum atomic E-state index is 10.6. The average molecular weight is 247 g/mol. The molecule has 18 heavy (non-hydrogen) atoms.